The molecule has 0 saturated carbocycles. The Labute approximate surface area is 161 Å². The second-order valence-corrected chi connectivity index (χ2v) is 7.72. The minimum atomic E-state index is 0.00847. The van der Waals surface area contributed by atoms with Crippen LogP contribution in [0.5, 0.6) is 11.5 Å². The number of fused-ring (bicyclic) bond motifs is 1. The quantitative estimate of drug-likeness (QED) is 0.543. The van der Waals surface area contributed by atoms with E-state index in [9.17, 15) is 5.26 Å². The average molecular weight is 359 g/mol. The van der Waals surface area contributed by atoms with Gasteiger partial charge in [-0.15, -0.1) is 0 Å². The number of benzene rings is 3. The van der Waals surface area contributed by atoms with Gasteiger partial charge in [0.2, 0.25) is 0 Å². The molecule has 138 valence electrons. The SMILES string of the molecule is Cc1ccc(OCCOc2ccc3ccccc3c2C#N)c(C(C)(C)C)c1. The molecule has 3 aromatic carbocycles. The summed E-state index contributed by atoms with van der Waals surface area (Å²) < 4.78 is 11.9. The van der Waals surface area contributed by atoms with Crippen molar-refractivity contribution in [1.82, 2.24) is 0 Å². The third kappa shape index (κ3) is 4.23. The van der Waals surface area contributed by atoms with Gasteiger partial charge < -0.3 is 9.47 Å². The smallest absolute Gasteiger partial charge is 0.137 e. The number of rotatable bonds is 5. The highest BCUT2D eigenvalue weighted by Crippen LogP contribution is 2.32. The van der Waals surface area contributed by atoms with Crippen LogP contribution in [0.1, 0.15) is 37.5 Å². The number of hydrogen-bond acceptors (Lipinski definition) is 3. The van der Waals surface area contributed by atoms with Gasteiger partial charge in [-0.1, -0.05) is 68.8 Å². The van der Waals surface area contributed by atoms with E-state index in [1.165, 1.54) is 11.1 Å². The molecule has 0 N–H and O–H groups in total. The zero-order chi connectivity index (χ0) is 19.4. The number of nitriles is 1. The molecule has 0 saturated heterocycles. The lowest BCUT2D eigenvalue weighted by Gasteiger charge is -2.23. The van der Waals surface area contributed by atoms with Gasteiger partial charge in [0.25, 0.3) is 0 Å². The molecule has 0 atom stereocenters. The van der Waals surface area contributed by atoms with Crippen molar-refractivity contribution in [2.45, 2.75) is 33.1 Å². The first-order chi connectivity index (χ1) is 12.9. The van der Waals surface area contributed by atoms with Crippen molar-refractivity contribution in [3.05, 3.63) is 71.3 Å². The maximum atomic E-state index is 9.54. The molecule has 3 nitrogen and oxygen atoms in total. The van der Waals surface area contributed by atoms with Crippen LogP contribution in [0.4, 0.5) is 0 Å². The van der Waals surface area contributed by atoms with Gasteiger partial charge in [-0.2, -0.15) is 5.26 Å². The van der Waals surface area contributed by atoms with E-state index in [2.05, 4.69) is 45.9 Å². The molecule has 0 aliphatic carbocycles. The van der Waals surface area contributed by atoms with E-state index in [1.807, 2.05) is 42.5 Å². The molecule has 0 spiro atoms. The summed E-state index contributed by atoms with van der Waals surface area (Å²) in [6, 6.07) is 20.2. The maximum absolute atomic E-state index is 9.54. The van der Waals surface area contributed by atoms with Crippen LogP contribution in [0.15, 0.2) is 54.6 Å². The molecule has 27 heavy (non-hydrogen) atoms. The van der Waals surface area contributed by atoms with Crippen molar-refractivity contribution in [3.63, 3.8) is 0 Å². The normalized spacial score (nSPS) is 11.2. The molecular formula is C24H25NO2. The van der Waals surface area contributed by atoms with Crippen molar-refractivity contribution in [1.29, 1.82) is 5.26 Å². The van der Waals surface area contributed by atoms with E-state index in [-0.39, 0.29) is 5.41 Å². The van der Waals surface area contributed by atoms with Gasteiger partial charge >= 0.3 is 0 Å². The van der Waals surface area contributed by atoms with Crippen LogP contribution in [0.2, 0.25) is 0 Å². The fourth-order valence-electron chi connectivity index (χ4n) is 3.15. The highest BCUT2D eigenvalue weighted by Gasteiger charge is 2.19. The van der Waals surface area contributed by atoms with Crippen LogP contribution >= 0.6 is 0 Å². The molecule has 3 aromatic rings. The molecular weight excluding hydrogens is 334 g/mol. The van der Waals surface area contributed by atoms with Gasteiger partial charge in [0, 0.05) is 5.39 Å². The molecule has 0 aliphatic rings. The molecule has 0 radical (unpaired) electrons. The first kappa shape index (κ1) is 18.8. The van der Waals surface area contributed by atoms with Crippen LogP contribution in [0.3, 0.4) is 0 Å². The minimum Gasteiger partial charge on any atom is -0.490 e. The van der Waals surface area contributed by atoms with Gasteiger partial charge in [-0.25, -0.2) is 0 Å². The largest absolute Gasteiger partial charge is 0.490 e. The molecule has 0 bridgehead atoms. The minimum absolute atomic E-state index is 0.00847. The van der Waals surface area contributed by atoms with E-state index in [4.69, 9.17) is 9.47 Å². The molecule has 0 aliphatic heterocycles. The highest BCUT2D eigenvalue weighted by molar-refractivity contribution is 5.90. The van der Waals surface area contributed by atoms with E-state index in [0.717, 1.165) is 16.5 Å². The monoisotopic (exact) mass is 359 g/mol. The number of hydrogen-bond donors (Lipinski definition) is 0. The van der Waals surface area contributed by atoms with E-state index >= 15 is 0 Å². The third-order valence-corrected chi connectivity index (χ3v) is 4.54. The molecule has 0 unspecified atom stereocenters. The Morgan fingerprint density at radius 3 is 2.26 bits per heavy atom. The molecule has 3 heteroatoms. The van der Waals surface area contributed by atoms with Gasteiger partial charge in [-0.05, 0) is 35.4 Å². The second-order valence-electron chi connectivity index (χ2n) is 7.72. The maximum Gasteiger partial charge on any atom is 0.137 e. The Hall–Kier alpha value is -2.99. The van der Waals surface area contributed by atoms with Crippen molar-refractivity contribution in [2.75, 3.05) is 13.2 Å². The molecule has 0 aromatic heterocycles. The Morgan fingerprint density at radius 1 is 0.889 bits per heavy atom. The Bertz CT molecular complexity index is 993. The summed E-state index contributed by atoms with van der Waals surface area (Å²) in [4.78, 5) is 0. The summed E-state index contributed by atoms with van der Waals surface area (Å²) >= 11 is 0. The summed E-state index contributed by atoms with van der Waals surface area (Å²) in [5, 5.41) is 11.5. The summed E-state index contributed by atoms with van der Waals surface area (Å²) in [6.07, 6.45) is 0. The lowest BCUT2D eigenvalue weighted by Crippen LogP contribution is -2.16. The van der Waals surface area contributed by atoms with Gasteiger partial charge in [0.05, 0.1) is 0 Å². The Kier molecular flexibility index (Phi) is 5.37. The number of nitrogens with zero attached hydrogens (tertiary/aromatic N) is 1. The average Bonchev–Trinajstić information content (AvgIpc) is 2.65. The first-order valence-corrected chi connectivity index (χ1v) is 9.19. The van der Waals surface area contributed by atoms with Crippen LogP contribution in [0, 0.1) is 18.3 Å². The summed E-state index contributed by atoms with van der Waals surface area (Å²) in [5.41, 5.74) is 2.98. The Balaban J connectivity index is 1.70. The number of ether oxygens (including phenoxy) is 2. The molecule has 0 heterocycles. The fourth-order valence-corrected chi connectivity index (χ4v) is 3.15. The number of aryl methyl sites for hydroxylation is 1. The summed E-state index contributed by atoms with van der Waals surface area (Å²) in [6.45, 7) is 9.43. The second kappa shape index (κ2) is 7.72. The van der Waals surface area contributed by atoms with Gasteiger partial charge in [-0.3, -0.25) is 0 Å². The van der Waals surface area contributed by atoms with Gasteiger partial charge in [0.15, 0.2) is 0 Å². The summed E-state index contributed by atoms with van der Waals surface area (Å²) in [5.74, 6) is 1.48. The van der Waals surface area contributed by atoms with Crippen LogP contribution < -0.4 is 9.47 Å². The van der Waals surface area contributed by atoms with Crippen molar-refractivity contribution in [2.24, 2.45) is 0 Å². The van der Waals surface area contributed by atoms with Crippen molar-refractivity contribution in [3.8, 4) is 17.6 Å². The third-order valence-electron chi connectivity index (χ3n) is 4.54. The lowest BCUT2D eigenvalue weighted by atomic mass is 9.85. The predicted molar refractivity (Wildman–Crippen MR) is 110 cm³/mol. The predicted octanol–water partition coefficient (Wildman–Crippen LogP) is 5.78. The standard InChI is InChI=1S/C24H25NO2/c1-17-9-11-23(21(15-17)24(2,3)4)27-14-13-26-22-12-10-18-7-5-6-8-19(18)20(22)16-25/h5-12,15H,13-14H2,1-4H3. The Morgan fingerprint density at radius 2 is 1.56 bits per heavy atom. The van der Waals surface area contributed by atoms with Gasteiger partial charge in [0.1, 0.15) is 36.3 Å². The van der Waals surface area contributed by atoms with E-state index < -0.39 is 0 Å². The lowest BCUT2D eigenvalue weighted by molar-refractivity contribution is 0.214. The van der Waals surface area contributed by atoms with Crippen molar-refractivity contribution >= 4 is 10.8 Å². The topological polar surface area (TPSA) is 42.2 Å². The molecule has 3 rings (SSSR count). The fraction of sp³-hybridized carbons (Fsp3) is 0.292. The molecule has 0 amide bonds. The summed E-state index contributed by atoms with van der Waals surface area (Å²) in [7, 11) is 0. The first-order valence-electron chi connectivity index (χ1n) is 9.19. The van der Waals surface area contributed by atoms with E-state index in [0.29, 0.717) is 24.5 Å². The van der Waals surface area contributed by atoms with Crippen LogP contribution in [-0.4, -0.2) is 13.2 Å². The van der Waals surface area contributed by atoms with Crippen LogP contribution in [0.25, 0.3) is 10.8 Å². The molecule has 0 fully saturated rings. The zero-order valence-electron chi connectivity index (χ0n) is 16.4. The van der Waals surface area contributed by atoms with E-state index in [1.54, 1.807) is 0 Å². The highest BCUT2D eigenvalue weighted by atomic mass is 16.5. The zero-order valence-corrected chi connectivity index (χ0v) is 16.4. The van der Waals surface area contributed by atoms with Crippen molar-refractivity contribution < 1.29 is 9.47 Å². The van der Waals surface area contributed by atoms with Crippen LogP contribution in [-0.2, 0) is 5.41 Å².